The molecule has 57 heavy (non-hydrogen) atoms. The molecule has 302 valence electrons. The van der Waals surface area contributed by atoms with E-state index in [4.69, 9.17) is 0 Å². The van der Waals surface area contributed by atoms with Gasteiger partial charge in [0, 0.05) is 43.9 Å². The summed E-state index contributed by atoms with van der Waals surface area (Å²) in [6, 6.07) is -1.02. The molecule has 4 amide bonds. The van der Waals surface area contributed by atoms with Gasteiger partial charge >= 0.3 is 0 Å². The number of carbonyl (C=O) groups is 4. The standard InChI is InChI=1S/C47H59N5O5/c1-9-12-15-33(4)40(11-3)44(34(5)18-19-36(7)53)39(10-2)17-13-16-38-22-26-49(27-23-38)24-14-25-50-28-30-51(31-29-50)35(6)32-41-37(8)46(56)52(47(41)57)42-20-21-43(54)48-45(42)55/h9-10,12-13,15-19,32,38,42,53H,1-2,4-8,11,14,20-31H2,3H3,(H,48,54,55)/b15-12-,16-13+,19-18-,39-17+,41-32+,44-40-. The number of aliphatic hydroxyl groups is 1. The lowest BCUT2D eigenvalue weighted by molar-refractivity contribution is -0.149. The van der Waals surface area contributed by atoms with Crippen molar-refractivity contribution in [3.8, 4) is 0 Å². The van der Waals surface area contributed by atoms with Crippen LogP contribution in [0.15, 0.2) is 157 Å². The predicted octanol–water partition coefficient (Wildman–Crippen LogP) is 6.73. The number of aliphatic hydroxyl groups excluding tert-OH is 1. The monoisotopic (exact) mass is 773 g/mol. The van der Waals surface area contributed by atoms with Crippen molar-refractivity contribution in [2.75, 3.05) is 52.4 Å². The van der Waals surface area contributed by atoms with Gasteiger partial charge < -0.3 is 14.9 Å². The third kappa shape index (κ3) is 11.7. The van der Waals surface area contributed by atoms with Crippen LogP contribution in [0.4, 0.5) is 0 Å². The molecule has 0 bridgehead atoms. The van der Waals surface area contributed by atoms with Gasteiger partial charge in [0.15, 0.2) is 0 Å². The Kier molecular flexibility index (Phi) is 16.3. The van der Waals surface area contributed by atoms with Crippen LogP contribution in [0.1, 0.15) is 45.4 Å². The van der Waals surface area contributed by atoms with E-state index in [9.17, 15) is 24.3 Å². The molecule has 4 rings (SSSR count). The minimum atomic E-state index is -1.02. The van der Waals surface area contributed by atoms with E-state index in [1.165, 1.54) is 6.08 Å². The summed E-state index contributed by atoms with van der Waals surface area (Å²) in [6.07, 6.45) is 22.9. The maximum atomic E-state index is 13.2. The number of amides is 4. The van der Waals surface area contributed by atoms with Crippen molar-refractivity contribution in [1.29, 1.82) is 0 Å². The summed E-state index contributed by atoms with van der Waals surface area (Å²) in [5.41, 5.74) is 5.29. The molecular formula is C47H59N5O5. The molecule has 1 atom stereocenters. The van der Waals surface area contributed by atoms with Crippen LogP contribution < -0.4 is 5.32 Å². The normalized spacial score (nSPS) is 21.9. The lowest BCUT2D eigenvalue weighted by atomic mass is 9.87. The number of nitrogens with zero attached hydrogens (tertiary/aromatic N) is 4. The first-order chi connectivity index (χ1) is 27.3. The van der Waals surface area contributed by atoms with Gasteiger partial charge in [0.1, 0.15) is 11.8 Å². The topological polar surface area (TPSA) is 114 Å². The van der Waals surface area contributed by atoms with E-state index < -0.39 is 29.7 Å². The van der Waals surface area contributed by atoms with Crippen LogP contribution in [0.2, 0.25) is 0 Å². The fourth-order valence-electron chi connectivity index (χ4n) is 7.63. The zero-order chi connectivity index (χ0) is 41.6. The van der Waals surface area contributed by atoms with Crippen LogP contribution in [0.3, 0.4) is 0 Å². The molecule has 1 unspecified atom stereocenters. The molecule has 4 heterocycles. The van der Waals surface area contributed by atoms with Crippen molar-refractivity contribution in [1.82, 2.24) is 24.9 Å². The fourth-order valence-corrected chi connectivity index (χ4v) is 7.63. The number of imide groups is 2. The zero-order valence-electron chi connectivity index (χ0n) is 33.6. The Morgan fingerprint density at radius 2 is 1.51 bits per heavy atom. The van der Waals surface area contributed by atoms with Crippen molar-refractivity contribution in [2.45, 2.75) is 51.5 Å². The zero-order valence-corrected chi connectivity index (χ0v) is 33.6. The lowest BCUT2D eigenvalue weighted by Crippen LogP contribution is -2.54. The Balaban J connectivity index is 1.24. The van der Waals surface area contributed by atoms with Crippen LogP contribution in [-0.2, 0) is 19.2 Å². The average molecular weight is 774 g/mol. The molecule has 0 aromatic rings. The summed E-state index contributed by atoms with van der Waals surface area (Å²) in [5, 5.41) is 11.9. The Morgan fingerprint density at radius 1 is 0.842 bits per heavy atom. The van der Waals surface area contributed by atoms with Crippen molar-refractivity contribution in [3.05, 3.63) is 157 Å². The molecule has 0 spiro atoms. The minimum absolute atomic E-state index is 0.0360. The number of hydrogen-bond acceptors (Lipinski definition) is 8. The SMILES string of the molecule is C=C/C=C\C(=C)\C(CC)=C(C(=C)/C=C\C(=C)O)/C(C=C)=C/C=C/C1CCN(CCCN2CCN(C(=C)/C=C3\C(=C)C(=O)N(C4CCC(=O)NC4=O)C3=O)CC2)CC1. The highest BCUT2D eigenvalue weighted by molar-refractivity contribution is 6.26. The number of rotatable bonds is 18. The second-order valence-corrected chi connectivity index (χ2v) is 14.7. The van der Waals surface area contributed by atoms with Gasteiger partial charge in [-0.1, -0.05) is 102 Å². The number of allylic oxidation sites excluding steroid dienone is 15. The number of carbonyl (C=O) groups excluding carboxylic acids is 4. The number of piperazine rings is 1. The third-order valence-electron chi connectivity index (χ3n) is 10.9. The second kappa shape index (κ2) is 21.1. The number of piperidine rings is 2. The highest BCUT2D eigenvalue weighted by Crippen LogP contribution is 2.32. The van der Waals surface area contributed by atoms with Crippen molar-refractivity contribution in [3.63, 3.8) is 0 Å². The Bertz CT molecular complexity index is 1870. The van der Waals surface area contributed by atoms with E-state index in [0.717, 1.165) is 111 Å². The molecule has 0 radical (unpaired) electrons. The minimum Gasteiger partial charge on any atom is -0.509 e. The highest BCUT2D eigenvalue weighted by Gasteiger charge is 2.46. The van der Waals surface area contributed by atoms with Gasteiger partial charge in [-0.3, -0.25) is 34.3 Å². The maximum Gasteiger partial charge on any atom is 0.262 e. The summed E-state index contributed by atoms with van der Waals surface area (Å²) in [6.45, 7) is 37.4. The average Bonchev–Trinajstić information content (AvgIpc) is 3.40. The molecule has 4 saturated heterocycles. The molecule has 0 aliphatic carbocycles. The van der Waals surface area contributed by atoms with E-state index in [2.05, 4.69) is 91.2 Å². The van der Waals surface area contributed by atoms with Gasteiger partial charge in [-0.15, -0.1) is 0 Å². The summed E-state index contributed by atoms with van der Waals surface area (Å²) >= 11 is 0. The van der Waals surface area contributed by atoms with E-state index in [1.807, 2.05) is 18.2 Å². The largest absolute Gasteiger partial charge is 0.509 e. The predicted molar refractivity (Wildman–Crippen MR) is 229 cm³/mol. The van der Waals surface area contributed by atoms with E-state index in [1.54, 1.807) is 18.2 Å². The van der Waals surface area contributed by atoms with Crippen molar-refractivity contribution < 1.29 is 24.3 Å². The Morgan fingerprint density at radius 3 is 2.11 bits per heavy atom. The molecular weight excluding hydrogens is 715 g/mol. The lowest BCUT2D eigenvalue weighted by Gasteiger charge is -2.37. The van der Waals surface area contributed by atoms with Crippen LogP contribution in [0, 0.1) is 5.92 Å². The van der Waals surface area contributed by atoms with E-state index in [-0.39, 0.29) is 29.7 Å². The van der Waals surface area contributed by atoms with Crippen LogP contribution in [-0.4, -0.2) is 107 Å². The van der Waals surface area contributed by atoms with Gasteiger partial charge in [-0.25, -0.2) is 0 Å². The molecule has 4 aliphatic heterocycles. The number of likely N-dealkylation sites (tertiary alicyclic amines) is 2. The number of hydrogen-bond donors (Lipinski definition) is 2. The Hall–Kier alpha value is -5.58. The summed E-state index contributed by atoms with van der Waals surface area (Å²) < 4.78 is 0. The molecule has 0 saturated carbocycles. The quantitative estimate of drug-likeness (QED) is 0.0683. The molecule has 0 aromatic heterocycles. The smallest absolute Gasteiger partial charge is 0.262 e. The van der Waals surface area contributed by atoms with Gasteiger partial charge in [0.2, 0.25) is 11.8 Å². The summed E-state index contributed by atoms with van der Waals surface area (Å²) in [5.74, 6) is -1.80. The van der Waals surface area contributed by atoms with Crippen molar-refractivity contribution >= 4 is 23.6 Å². The molecule has 2 N–H and O–H groups in total. The van der Waals surface area contributed by atoms with Crippen LogP contribution in [0.25, 0.3) is 0 Å². The summed E-state index contributed by atoms with van der Waals surface area (Å²) in [7, 11) is 0. The molecule has 0 aromatic carbocycles. The first kappa shape index (κ1) is 44.1. The van der Waals surface area contributed by atoms with Crippen molar-refractivity contribution in [2.24, 2.45) is 5.92 Å². The van der Waals surface area contributed by atoms with E-state index >= 15 is 0 Å². The van der Waals surface area contributed by atoms with E-state index in [0.29, 0.717) is 11.6 Å². The molecule has 4 fully saturated rings. The van der Waals surface area contributed by atoms with Crippen LogP contribution in [0.5, 0.6) is 0 Å². The maximum absolute atomic E-state index is 13.2. The highest BCUT2D eigenvalue weighted by atomic mass is 16.3. The number of nitrogens with one attached hydrogen (secondary N) is 1. The van der Waals surface area contributed by atoms with Gasteiger partial charge in [0.05, 0.1) is 5.57 Å². The third-order valence-corrected chi connectivity index (χ3v) is 10.9. The first-order valence-electron chi connectivity index (χ1n) is 19.8. The molecule has 4 aliphatic rings. The fraction of sp³-hybridized carbons (Fsp3) is 0.362. The first-order valence-corrected chi connectivity index (χ1v) is 19.8. The van der Waals surface area contributed by atoms with Crippen LogP contribution >= 0.6 is 0 Å². The molecule has 10 nitrogen and oxygen atoms in total. The Labute approximate surface area is 339 Å². The summed E-state index contributed by atoms with van der Waals surface area (Å²) in [4.78, 5) is 58.1. The van der Waals surface area contributed by atoms with Gasteiger partial charge in [0.25, 0.3) is 11.8 Å². The second-order valence-electron chi connectivity index (χ2n) is 14.7. The molecule has 10 heteroatoms. The van der Waals surface area contributed by atoms with Gasteiger partial charge in [-0.05, 0) is 104 Å². The van der Waals surface area contributed by atoms with Gasteiger partial charge in [-0.2, -0.15) is 0 Å².